The summed E-state index contributed by atoms with van der Waals surface area (Å²) in [7, 11) is 1.99. The summed E-state index contributed by atoms with van der Waals surface area (Å²) in [5, 5.41) is 22.2. The van der Waals surface area contributed by atoms with Crippen LogP contribution in [0.1, 0.15) is 89.0 Å². The minimum absolute atomic E-state index is 0.0538. The van der Waals surface area contributed by atoms with Gasteiger partial charge in [-0.15, -0.1) is 12.8 Å². The highest BCUT2D eigenvalue weighted by atomic mass is 32.2. The Balaban J connectivity index is 0.000000950. The Morgan fingerprint density at radius 3 is 1.98 bits per heavy atom. The fraction of sp³-hybridized carbons (Fsp3) is 0.514. The number of benzene rings is 2. The summed E-state index contributed by atoms with van der Waals surface area (Å²) in [5.41, 5.74) is 7.50. The number of hydrogen-bond acceptors (Lipinski definition) is 6. The van der Waals surface area contributed by atoms with E-state index in [4.69, 9.17) is 5.11 Å². The third kappa shape index (κ3) is 12.9. The van der Waals surface area contributed by atoms with Crippen LogP contribution in [-0.4, -0.2) is 59.0 Å². The van der Waals surface area contributed by atoms with Gasteiger partial charge in [0.15, 0.2) is 6.29 Å². The molecule has 2 aromatic carbocycles. The summed E-state index contributed by atoms with van der Waals surface area (Å²) < 4.78 is 4.27. The lowest BCUT2D eigenvalue weighted by Gasteiger charge is -2.32. The number of rotatable bonds is 7. The van der Waals surface area contributed by atoms with E-state index in [1.165, 1.54) is 6.42 Å². The van der Waals surface area contributed by atoms with Crippen molar-refractivity contribution in [1.82, 2.24) is 9.88 Å². The van der Waals surface area contributed by atoms with Gasteiger partial charge in [-0.3, -0.25) is 9.59 Å². The van der Waals surface area contributed by atoms with Gasteiger partial charge in [0, 0.05) is 24.7 Å². The molecule has 45 heavy (non-hydrogen) atoms. The van der Waals surface area contributed by atoms with Gasteiger partial charge in [0.05, 0.1) is 28.9 Å². The maximum atomic E-state index is 11.7. The zero-order valence-electron chi connectivity index (χ0n) is 29.7. The van der Waals surface area contributed by atoms with E-state index in [-0.39, 0.29) is 6.42 Å². The number of nitrogens with one attached hydrogen (secondary N) is 1. The van der Waals surface area contributed by atoms with Crippen molar-refractivity contribution in [3.05, 3.63) is 52.7 Å². The Morgan fingerprint density at radius 1 is 1.04 bits per heavy atom. The van der Waals surface area contributed by atoms with E-state index >= 15 is 0 Å². The van der Waals surface area contributed by atoms with Crippen LogP contribution in [0.3, 0.4) is 0 Å². The molecule has 1 aliphatic heterocycles. The minimum atomic E-state index is -0.857. The van der Waals surface area contributed by atoms with Crippen LogP contribution in [0.25, 0.3) is 22.0 Å². The zero-order valence-corrected chi connectivity index (χ0v) is 30.5. The number of aliphatic carboxylic acids is 1. The van der Waals surface area contributed by atoms with Gasteiger partial charge < -0.3 is 24.4 Å². The maximum Gasteiger partial charge on any atom is 0.307 e. The topological polar surface area (TPSA) is 94.8 Å². The summed E-state index contributed by atoms with van der Waals surface area (Å²) in [5.74, 6) is -0.857. The normalized spacial score (nSPS) is 11.8. The lowest BCUT2D eigenvalue weighted by atomic mass is 9.89. The number of carbonyl (C=O) groups excluding carboxylic acids is 1. The number of nitrogens with zero attached hydrogens (tertiary/aromatic N) is 2. The molecule has 0 saturated carbocycles. The van der Waals surface area contributed by atoms with Crippen LogP contribution in [0, 0.1) is 32.1 Å². The molecule has 0 spiro atoms. The standard InChI is InChI=1S/C22H22N2O3S.C7H17N.C4H10O.C2H6.C2H2/c1-13-4-6-15(7-5-13)20-17(11-19(26)27)14(2)21-22-18(20)10-16(12-25)23(22)8-9-24(21)28-3;1-7(2,3)5-6-8-4;1-4(2,3)5;2*1-2/h4-7,10,12H,8-9,11H2,1-3H3,(H,26,27);8H,5-6H2,1-4H3;5H,1-3H3;1-2H3;1-2H. The molecular formula is C37H57N3O4S. The molecule has 0 atom stereocenters. The van der Waals surface area contributed by atoms with Gasteiger partial charge >= 0.3 is 5.97 Å². The zero-order chi connectivity index (χ0) is 35.1. The van der Waals surface area contributed by atoms with E-state index in [1.54, 1.807) is 32.7 Å². The van der Waals surface area contributed by atoms with Crippen molar-refractivity contribution in [2.24, 2.45) is 5.41 Å². The van der Waals surface area contributed by atoms with Gasteiger partial charge in [0.1, 0.15) is 0 Å². The van der Waals surface area contributed by atoms with E-state index in [1.807, 2.05) is 71.3 Å². The molecular weight excluding hydrogens is 582 g/mol. The smallest absolute Gasteiger partial charge is 0.307 e. The number of hydrogen-bond donors (Lipinski definition) is 3. The fourth-order valence-electron chi connectivity index (χ4n) is 4.74. The Labute approximate surface area is 276 Å². The Morgan fingerprint density at radius 2 is 1.58 bits per heavy atom. The average molecular weight is 640 g/mol. The largest absolute Gasteiger partial charge is 0.481 e. The first-order chi connectivity index (χ1) is 21.0. The van der Waals surface area contributed by atoms with Crippen LogP contribution < -0.4 is 9.62 Å². The van der Waals surface area contributed by atoms with Crippen LogP contribution in [0.4, 0.5) is 5.69 Å². The van der Waals surface area contributed by atoms with Crippen molar-refractivity contribution in [1.29, 1.82) is 0 Å². The van der Waals surface area contributed by atoms with Gasteiger partial charge in [-0.25, -0.2) is 0 Å². The molecule has 7 nitrogen and oxygen atoms in total. The second kappa shape index (κ2) is 19.3. The second-order valence-electron chi connectivity index (χ2n) is 12.7. The van der Waals surface area contributed by atoms with Crippen LogP contribution in [0.5, 0.6) is 0 Å². The second-order valence-corrected chi connectivity index (χ2v) is 13.5. The molecule has 0 unspecified atom stereocenters. The van der Waals surface area contributed by atoms with Crippen molar-refractivity contribution in [2.75, 3.05) is 30.7 Å². The Hall–Kier alpha value is -3.25. The highest BCUT2D eigenvalue weighted by Crippen LogP contribution is 2.46. The monoisotopic (exact) mass is 639 g/mol. The molecule has 4 rings (SSSR count). The Bertz CT molecular complexity index is 1370. The first-order valence-electron chi connectivity index (χ1n) is 15.5. The highest BCUT2D eigenvalue weighted by molar-refractivity contribution is 8.00. The van der Waals surface area contributed by atoms with E-state index in [9.17, 15) is 14.7 Å². The molecule has 0 fully saturated rings. The molecule has 3 aromatic rings. The van der Waals surface area contributed by atoms with E-state index in [2.05, 4.69) is 47.8 Å². The van der Waals surface area contributed by atoms with Crippen molar-refractivity contribution < 1.29 is 19.8 Å². The lowest BCUT2D eigenvalue weighted by molar-refractivity contribution is -0.136. The third-order valence-electron chi connectivity index (χ3n) is 6.64. The van der Waals surface area contributed by atoms with Crippen LogP contribution in [-0.2, 0) is 17.8 Å². The van der Waals surface area contributed by atoms with Crippen molar-refractivity contribution >= 4 is 40.8 Å². The molecule has 0 aliphatic carbocycles. The quantitative estimate of drug-likeness (QED) is 0.136. The minimum Gasteiger partial charge on any atom is -0.481 e. The number of carboxylic acid groups (broad SMARTS) is 1. The number of aliphatic hydroxyl groups is 1. The molecule has 0 radical (unpaired) electrons. The lowest BCUT2D eigenvalue weighted by Crippen LogP contribution is -2.27. The molecule has 1 aliphatic rings. The van der Waals surface area contributed by atoms with Crippen molar-refractivity contribution in [2.45, 2.75) is 94.2 Å². The van der Waals surface area contributed by atoms with E-state index in [0.29, 0.717) is 11.1 Å². The van der Waals surface area contributed by atoms with Gasteiger partial charge in [0.2, 0.25) is 0 Å². The summed E-state index contributed by atoms with van der Waals surface area (Å²) in [6.07, 6.45) is 12.1. The molecule has 3 N–H and O–H groups in total. The van der Waals surface area contributed by atoms with E-state index in [0.717, 1.165) is 70.3 Å². The number of aromatic nitrogens is 1. The number of aldehydes is 1. The maximum absolute atomic E-state index is 11.7. The number of anilines is 1. The molecule has 0 bridgehead atoms. The van der Waals surface area contributed by atoms with Crippen LogP contribution >= 0.6 is 11.9 Å². The van der Waals surface area contributed by atoms with Gasteiger partial charge in [-0.2, -0.15) is 0 Å². The number of carbonyl (C=O) groups is 2. The third-order valence-corrected chi connectivity index (χ3v) is 7.45. The van der Waals surface area contributed by atoms with Gasteiger partial charge in [-0.05, 0) is 88.4 Å². The van der Waals surface area contributed by atoms with Crippen molar-refractivity contribution in [3.8, 4) is 24.0 Å². The van der Waals surface area contributed by atoms with Gasteiger partial charge in [0.25, 0.3) is 0 Å². The molecule has 8 heteroatoms. The molecule has 0 saturated heterocycles. The van der Waals surface area contributed by atoms with E-state index < -0.39 is 11.6 Å². The summed E-state index contributed by atoms with van der Waals surface area (Å²) >= 11 is 1.63. The fourth-order valence-corrected chi connectivity index (χ4v) is 5.41. The van der Waals surface area contributed by atoms with Crippen molar-refractivity contribution in [3.63, 3.8) is 0 Å². The predicted octanol–water partition coefficient (Wildman–Crippen LogP) is 8.16. The first-order valence-corrected chi connectivity index (χ1v) is 16.6. The number of carboxylic acids is 1. The summed E-state index contributed by atoms with van der Waals surface area (Å²) in [4.78, 5) is 23.5. The molecule has 1 aromatic heterocycles. The summed E-state index contributed by atoms with van der Waals surface area (Å²) in [6, 6.07) is 10.0. The SMILES string of the molecule is C#C.CC.CC(C)(C)O.CNCCC(C)(C)C.CSN1CCn2c(C=O)cc3c(-c4ccc(C)cc4)c(CC(=O)O)c(C)c1c32. The highest BCUT2D eigenvalue weighted by Gasteiger charge is 2.29. The molecule has 0 amide bonds. The number of aryl methyl sites for hydroxylation is 1. The molecule has 2 heterocycles. The van der Waals surface area contributed by atoms with Gasteiger partial charge in [-0.1, -0.05) is 76.4 Å². The Kier molecular flexibility index (Phi) is 17.9. The molecule has 250 valence electrons. The first kappa shape index (κ1) is 41.8. The van der Waals surface area contributed by atoms with Crippen LogP contribution in [0.2, 0.25) is 0 Å². The average Bonchev–Trinajstić information content (AvgIpc) is 3.35. The van der Waals surface area contributed by atoms with Crippen LogP contribution in [0.15, 0.2) is 30.3 Å². The predicted molar refractivity (Wildman–Crippen MR) is 196 cm³/mol. The number of terminal acetylenes is 1. The summed E-state index contributed by atoms with van der Waals surface area (Å²) in [6.45, 7) is 22.7.